The van der Waals surface area contributed by atoms with Gasteiger partial charge in [0.05, 0.1) is 26.8 Å². The number of carbonyl (C=O) groups is 1. The third kappa shape index (κ3) is 3.34. The van der Waals surface area contributed by atoms with E-state index >= 15 is 0 Å². The number of amides is 1. The van der Waals surface area contributed by atoms with Crippen LogP contribution in [0.3, 0.4) is 0 Å². The van der Waals surface area contributed by atoms with E-state index in [4.69, 9.17) is 14.2 Å². The van der Waals surface area contributed by atoms with Crippen molar-refractivity contribution < 1.29 is 19.0 Å². The number of aromatic amines is 1. The fourth-order valence-electron chi connectivity index (χ4n) is 4.35. The second-order valence-corrected chi connectivity index (χ2v) is 7.34. The lowest BCUT2D eigenvalue weighted by Crippen LogP contribution is -2.46. The molecule has 29 heavy (non-hydrogen) atoms. The number of carbonyl (C=O) groups excluding carboxylic acids is 1. The maximum absolute atomic E-state index is 12.9. The number of ether oxygens (including phenoxy) is 3. The second-order valence-electron chi connectivity index (χ2n) is 7.34. The molecule has 156 valence electrons. The monoisotopic (exact) mass is 402 g/mol. The van der Waals surface area contributed by atoms with Gasteiger partial charge in [0.2, 0.25) is 17.6 Å². The number of benzene rings is 1. The van der Waals surface area contributed by atoms with Crippen molar-refractivity contribution in [2.24, 2.45) is 0 Å². The van der Waals surface area contributed by atoms with Crippen molar-refractivity contribution >= 4 is 22.8 Å². The minimum atomic E-state index is -0.292. The molecule has 2 saturated heterocycles. The number of hydrogen-bond acceptors (Lipinski definition) is 7. The van der Waals surface area contributed by atoms with Crippen LogP contribution >= 0.6 is 0 Å². The van der Waals surface area contributed by atoms with Crippen LogP contribution in [0.25, 0.3) is 10.9 Å². The van der Waals surface area contributed by atoms with Crippen molar-refractivity contribution in [1.29, 1.82) is 0 Å². The van der Waals surface area contributed by atoms with E-state index in [9.17, 15) is 9.59 Å². The van der Waals surface area contributed by atoms with E-state index in [0.29, 0.717) is 40.5 Å². The van der Waals surface area contributed by atoms with E-state index in [1.807, 2.05) is 4.90 Å². The molecule has 0 atom stereocenters. The van der Waals surface area contributed by atoms with Crippen molar-refractivity contribution in [3.05, 3.63) is 16.4 Å². The first-order chi connectivity index (χ1) is 14.1. The Hall–Kier alpha value is -2.97. The molecule has 2 fully saturated rings. The Labute approximate surface area is 168 Å². The minimum Gasteiger partial charge on any atom is -0.493 e. The van der Waals surface area contributed by atoms with Crippen molar-refractivity contribution in [3.63, 3.8) is 0 Å². The SMILES string of the molecule is COc1cc2nc(N3CCC(N4CCCC4=O)CC3)[nH]c(=O)c2c(OC)c1OC. The predicted molar refractivity (Wildman–Crippen MR) is 108 cm³/mol. The summed E-state index contributed by atoms with van der Waals surface area (Å²) in [5.41, 5.74) is 0.190. The summed E-state index contributed by atoms with van der Waals surface area (Å²) < 4.78 is 16.2. The number of methoxy groups -OCH3 is 3. The highest BCUT2D eigenvalue weighted by Crippen LogP contribution is 2.41. The van der Waals surface area contributed by atoms with E-state index < -0.39 is 0 Å². The van der Waals surface area contributed by atoms with Crippen LogP contribution in [0, 0.1) is 0 Å². The van der Waals surface area contributed by atoms with Crippen LogP contribution in [0.2, 0.25) is 0 Å². The average Bonchev–Trinajstić information content (AvgIpc) is 3.18. The summed E-state index contributed by atoms with van der Waals surface area (Å²) in [6.45, 7) is 2.32. The maximum atomic E-state index is 12.9. The number of piperidine rings is 1. The summed E-state index contributed by atoms with van der Waals surface area (Å²) in [6, 6.07) is 1.96. The molecule has 1 aromatic carbocycles. The quantitative estimate of drug-likeness (QED) is 0.810. The Bertz CT molecular complexity index is 981. The van der Waals surface area contributed by atoms with Crippen LogP contribution < -0.4 is 24.7 Å². The van der Waals surface area contributed by atoms with Gasteiger partial charge in [-0.15, -0.1) is 0 Å². The van der Waals surface area contributed by atoms with Gasteiger partial charge in [0, 0.05) is 38.2 Å². The largest absolute Gasteiger partial charge is 0.493 e. The maximum Gasteiger partial charge on any atom is 0.264 e. The van der Waals surface area contributed by atoms with E-state index in [0.717, 1.165) is 38.9 Å². The Kier molecular flexibility index (Phi) is 5.21. The number of nitrogens with one attached hydrogen (secondary N) is 1. The van der Waals surface area contributed by atoms with Crippen LogP contribution in [0.15, 0.2) is 10.9 Å². The Balaban J connectivity index is 1.64. The highest BCUT2D eigenvalue weighted by Gasteiger charge is 2.31. The van der Waals surface area contributed by atoms with E-state index in [1.54, 1.807) is 6.07 Å². The van der Waals surface area contributed by atoms with Gasteiger partial charge < -0.3 is 24.0 Å². The lowest BCUT2D eigenvalue weighted by molar-refractivity contribution is -0.130. The van der Waals surface area contributed by atoms with E-state index in [-0.39, 0.29) is 17.5 Å². The second kappa shape index (κ2) is 7.81. The number of anilines is 1. The first-order valence-electron chi connectivity index (χ1n) is 9.84. The third-order valence-corrected chi connectivity index (χ3v) is 5.80. The van der Waals surface area contributed by atoms with Crippen LogP contribution in [-0.4, -0.2) is 67.8 Å². The molecule has 0 radical (unpaired) electrons. The van der Waals surface area contributed by atoms with Gasteiger partial charge in [0.1, 0.15) is 5.39 Å². The van der Waals surface area contributed by atoms with Gasteiger partial charge in [0.15, 0.2) is 11.5 Å². The number of rotatable bonds is 5. The summed E-state index contributed by atoms with van der Waals surface area (Å²) in [4.78, 5) is 36.5. The molecule has 3 heterocycles. The third-order valence-electron chi connectivity index (χ3n) is 5.80. The van der Waals surface area contributed by atoms with Crippen molar-refractivity contribution in [2.45, 2.75) is 31.7 Å². The molecule has 1 amide bonds. The fraction of sp³-hybridized carbons (Fsp3) is 0.550. The summed E-state index contributed by atoms with van der Waals surface area (Å²) in [6.07, 6.45) is 3.34. The molecule has 0 aliphatic carbocycles. The van der Waals surface area contributed by atoms with Gasteiger partial charge in [-0.1, -0.05) is 0 Å². The molecule has 1 N–H and O–H groups in total. The van der Waals surface area contributed by atoms with Crippen molar-refractivity contribution in [1.82, 2.24) is 14.9 Å². The number of nitrogens with zero attached hydrogens (tertiary/aromatic N) is 3. The van der Waals surface area contributed by atoms with Crippen LogP contribution in [0.1, 0.15) is 25.7 Å². The molecule has 9 heteroatoms. The van der Waals surface area contributed by atoms with Gasteiger partial charge in [-0.05, 0) is 19.3 Å². The molecule has 2 aliphatic heterocycles. The van der Waals surface area contributed by atoms with E-state index in [2.05, 4.69) is 14.9 Å². The predicted octanol–water partition coefficient (Wildman–Crippen LogP) is 1.54. The minimum absolute atomic E-state index is 0.258. The summed E-state index contributed by atoms with van der Waals surface area (Å²) >= 11 is 0. The Morgan fingerprint density at radius 2 is 1.76 bits per heavy atom. The first kappa shape index (κ1) is 19.4. The molecule has 2 aromatic rings. The smallest absolute Gasteiger partial charge is 0.264 e. The molecule has 0 saturated carbocycles. The topological polar surface area (TPSA) is 97.0 Å². The van der Waals surface area contributed by atoms with Crippen LogP contribution in [0.5, 0.6) is 17.2 Å². The molecule has 4 rings (SSSR count). The summed E-state index contributed by atoms with van der Waals surface area (Å²) in [7, 11) is 4.51. The number of hydrogen-bond donors (Lipinski definition) is 1. The number of H-pyrrole nitrogens is 1. The zero-order valence-corrected chi connectivity index (χ0v) is 17.0. The van der Waals surface area contributed by atoms with Crippen LogP contribution in [0.4, 0.5) is 5.95 Å². The Morgan fingerprint density at radius 3 is 2.34 bits per heavy atom. The van der Waals surface area contributed by atoms with Crippen molar-refractivity contribution in [2.75, 3.05) is 45.9 Å². The molecule has 2 aliphatic rings. The van der Waals surface area contributed by atoms with Crippen molar-refractivity contribution in [3.8, 4) is 17.2 Å². The number of aromatic nitrogens is 2. The lowest BCUT2D eigenvalue weighted by Gasteiger charge is -2.36. The van der Waals surface area contributed by atoms with Gasteiger partial charge in [-0.25, -0.2) is 4.98 Å². The zero-order chi connectivity index (χ0) is 20.5. The normalized spacial score (nSPS) is 17.8. The summed E-state index contributed by atoms with van der Waals surface area (Å²) in [5, 5.41) is 0.325. The summed E-state index contributed by atoms with van der Waals surface area (Å²) in [5.74, 6) is 1.89. The molecular weight excluding hydrogens is 376 g/mol. The first-order valence-corrected chi connectivity index (χ1v) is 9.84. The Morgan fingerprint density at radius 1 is 1.03 bits per heavy atom. The zero-order valence-electron chi connectivity index (χ0n) is 17.0. The number of likely N-dealkylation sites (tertiary alicyclic amines) is 1. The van der Waals surface area contributed by atoms with Gasteiger partial charge in [0.25, 0.3) is 5.56 Å². The van der Waals surface area contributed by atoms with Crippen LogP contribution in [-0.2, 0) is 4.79 Å². The molecule has 9 nitrogen and oxygen atoms in total. The molecular formula is C20H26N4O5. The standard InChI is InChI=1S/C20H26N4O5/c1-27-14-11-13-16(18(29-3)17(14)28-2)19(26)22-20(21-13)23-9-6-12(7-10-23)24-8-4-5-15(24)25/h11-12H,4-10H2,1-3H3,(H,21,22,26). The average molecular weight is 402 g/mol. The van der Waals surface area contributed by atoms with Gasteiger partial charge >= 0.3 is 0 Å². The van der Waals surface area contributed by atoms with Gasteiger partial charge in [-0.2, -0.15) is 0 Å². The van der Waals surface area contributed by atoms with Gasteiger partial charge in [-0.3, -0.25) is 14.6 Å². The molecule has 1 aromatic heterocycles. The van der Waals surface area contributed by atoms with E-state index in [1.165, 1.54) is 21.3 Å². The highest BCUT2D eigenvalue weighted by atomic mass is 16.5. The molecule has 0 unspecified atom stereocenters. The lowest BCUT2D eigenvalue weighted by atomic mass is 10.0. The molecule has 0 bridgehead atoms. The highest BCUT2D eigenvalue weighted by molar-refractivity contribution is 5.90. The fourth-order valence-corrected chi connectivity index (χ4v) is 4.35. The number of fused-ring (bicyclic) bond motifs is 1. The molecule has 0 spiro atoms.